The first-order valence-corrected chi connectivity index (χ1v) is 10.9. The third-order valence-electron chi connectivity index (χ3n) is 3.97. The van der Waals surface area contributed by atoms with Crippen LogP contribution >= 0.6 is 11.3 Å². The molecule has 0 aliphatic rings. The second-order valence-electron chi connectivity index (χ2n) is 6.00. The standard InChI is InChI=1S/C20H19N3O3S2/c1-15(16-8-3-2-4-9-16)14-21-22-20(24)17-10-5-6-11-18(17)23-28(25,26)19-12-7-13-27-19/h2-15,23H,1H3,(H,22,24). The molecule has 0 bridgehead atoms. The van der Waals surface area contributed by atoms with Crippen LogP contribution in [0.5, 0.6) is 0 Å². The lowest BCUT2D eigenvalue weighted by molar-refractivity contribution is 0.0956. The molecule has 1 heterocycles. The lowest BCUT2D eigenvalue weighted by atomic mass is 10.0. The van der Waals surface area contributed by atoms with E-state index in [4.69, 9.17) is 0 Å². The summed E-state index contributed by atoms with van der Waals surface area (Å²) in [6.45, 7) is 1.97. The van der Waals surface area contributed by atoms with E-state index in [1.807, 2.05) is 37.3 Å². The van der Waals surface area contributed by atoms with E-state index in [1.165, 1.54) is 18.2 Å². The highest BCUT2D eigenvalue weighted by atomic mass is 32.2. The number of para-hydroxylation sites is 1. The average molecular weight is 414 g/mol. The molecule has 0 radical (unpaired) electrons. The number of nitrogens with one attached hydrogen (secondary N) is 2. The number of benzene rings is 2. The van der Waals surface area contributed by atoms with Gasteiger partial charge >= 0.3 is 0 Å². The van der Waals surface area contributed by atoms with E-state index in [1.54, 1.807) is 29.8 Å². The van der Waals surface area contributed by atoms with E-state index in [9.17, 15) is 13.2 Å². The maximum atomic E-state index is 12.5. The molecule has 0 saturated carbocycles. The summed E-state index contributed by atoms with van der Waals surface area (Å²) in [5.41, 5.74) is 3.91. The van der Waals surface area contributed by atoms with Crippen molar-refractivity contribution in [2.75, 3.05) is 4.72 Å². The maximum absolute atomic E-state index is 12.5. The molecule has 2 N–H and O–H groups in total. The number of sulfonamides is 1. The smallest absolute Gasteiger partial charge is 0.273 e. The van der Waals surface area contributed by atoms with Gasteiger partial charge in [-0.1, -0.05) is 55.5 Å². The average Bonchev–Trinajstić information content (AvgIpc) is 3.24. The molecule has 3 aromatic rings. The van der Waals surface area contributed by atoms with Crippen LogP contribution < -0.4 is 10.1 Å². The highest BCUT2D eigenvalue weighted by Crippen LogP contribution is 2.22. The molecule has 1 atom stereocenters. The van der Waals surface area contributed by atoms with Crippen molar-refractivity contribution >= 4 is 39.2 Å². The van der Waals surface area contributed by atoms with Gasteiger partial charge < -0.3 is 0 Å². The van der Waals surface area contributed by atoms with Crippen LogP contribution in [0, 0.1) is 0 Å². The monoisotopic (exact) mass is 413 g/mol. The predicted octanol–water partition coefficient (Wildman–Crippen LogP) is 4.07. The van der Waals surface area contributed by atoms with Crippen LogP contribution in [0.3, 0.4) is 0 Å². The summed E-state index contributed by atoms with van der Waals surface area (Å²) in [5, 5.41) is 5.69. The van der Waals surface area contributed by atoms with Gasteiger partial charge in [0.15, 0.2) is 0 Å². The highest BCUT2D eigenvalue weighted by Gasteiger charge is 2.19. The summed E-state index contributed by atoms with van der Waals surface area (Å²) in [6, 6.07) is 19.3. The minimum absolute atomic E-state index is 0.0223. The molecule has 1 amide bonds. The van der Waals surface area contributed by atoms with Crippen molar-refractivity contribution < 1.29 is 13.2 Å². The van der Waals surface area contributed by atoms with Crippen LogP contribution in [-0.4, -0.2) is 20.5 Å². The maximum Gasteiger partial charge on any atom is 0.273 e. The van der Waals surface area contributed by atoms with Gasteiger partial charge in [-0.3, -0.25) is 9.52 Å². The Bertz CT molecular complexity index is 1060. The minimum Gasteiger partial charge on any atom is -0.278 e. The number of hydrogen-bond acceptors (Lipinski definition) is 5. The summed E-state index contributed by atoms with van der Waals surface area (Å²) in [4.78, 5) is 12.5. The van der Waals surface area contributed by atoms with Gasteiger partial charge in [0.2, 0.25) is 0 Å². The molecule has 0 aliphatic carbocycles. The zero-order chi connectivity index (χ0) is 20.0. The third-order valence-corrected chi connectivity index (χ3v) is 6.73. The van der Waals surface area contributed by atoms with Crippen LogP contribution in [0.4, 0.5) is 5.69 Å². The van der Waals surface area contributed by atoms with E-state index in [0.717, 1.165) is 16.9 Å². The molecule has 6 nitrogen and oxygen atoms in total. The molecule has 0 aliphatic heterocycles. The van der Waals surface area contributed by atoms with Crippen LogP contribution in [0.1, 0.15) is 28.8 Å². The fourth-order valence-corrected chi connectivity index (χ4v) is 4.56. The van der Waals surface area contributed by atoms with Gasteiger partial charge in [0.05, 0.1) is 11.3 Å². The Morgan fingerprint density at radius 2 is 1.75 bits per heavy atom. The third kappa shape index (κ3) is 4.85. The molecule has 1 unspecified atom stereocenters. The first-order valence-electron chi connectivity index (χ1n) is 8.51. The Kier molecular flexibility index (Phi) is 6.23. The second-order valence-corrected chi connectivity index (χ2v) is 8.86. The summed E-state index contributed by atoms with van der Waals surface area (Å²) in [5.74, 6) is -0.477. The van der Waals surface area contributed by atoms with Crippen LogP contribution in [0.2, 0.25) is 0 Å². The predicted molar refractivity (Wildman–Crippen MR) is 112 cm³/mol. The number of nitrogens with zero attached hydrogens (tertiary/aromatic N) is 1. The Labute approximate surface area is 168 Å². The quantitative estimate of drug-likeness (QED) is 0.452. The molecule has 2 aromatic carbocycles. The number of hydrogen-bond donors (Lipinski definition) is 2. The van der Waals surface area contributed by atoms with Gasteiger partial charge in [-0.15, -0.1) is 11.3 Å². The van der Waals surface area contributed by atoms with Gasteiger partial charge in [-0.05, 0) is 29.1 Å². The number of amides is 1. The summed E-state index contributed by atoms with van der Waals surface area (Å²) < 4.78 is 27.5. The fourth-order valence-electron chi connectivity index (χ4n) is 2.49. The lowest BCUT2D eigenvalue weighted by Crippen LogP contribution is -2.21. The number of hydrazone groups is 1. The topological polar surface area (TPSA) is 87.6 Å². The molecule has 0 fully saturated rings. The van der Waals surface area contributed by atoms with Gasteiger partial charge in [0.25, 0.3) is 15.9 Å². The van der Waals surface area contributed by atoms with E-state index in [0.29, 0.717) is 0 Å². The van der Waals surface area contributed by atoms with Crippen molar-refractivity contribution in [2.45, 2.75) is 17.1 Å². The summed E-state index contributed by atoms with van der Waals surface area (Å²) in [7, 11) is -3.75. The Balaban J connectivity index is 1.72. The largest absolute Gasteiger partial charge is 0.278 e. The van der Waals surface area contributed by atoms with Crippen LogP contribution in [0.15, 0.2) is 81.4 Å². The fraction of sp³-hybridized carbons (Fsp3) is 0.100. The first-order chi connectivity index (χ1) is 13.5. The molecule has 3 rings (SSSR count). The van der Waals surface area contributed by atoms with Crippen molar-refractivity contribution in [3.8, 4) is 0 Å². The number of rotatable bonds is 7. The van der Waals surface area contributed by atoms with Gasteiger partial charge in [-0.2, -0.15) is 5.10 Å². The normalized spacial score (nSPS) is 12.6. The molecule has 144 valence electrons. The van der Waals surface area contributed by atoms with E-state index in [-0.39, 0.29) is 21.4 Å². The Morgan fingerprint density at radius 1 is 1.04 bits per heavy atom. The molecule has 0 saturated heterocycles. The molecule has 28 heavy (non-hydrogen) atoms. The summed E-state index contributed by atoms with van der Waals surface area (Å²) in [6.07, 6.45) is 1.63. The van der Waals surface area contributed by atoms with Gasteiger partial charge in [0, 0.05) is 12.1 Å². The van der Waals surface area contributed by atoms with E-state index in [2.05, 4.69) is 15.2 Å². The number of carbonyl (C=O) groups is 1. The van der Waals surface area contributed by atoms with Crippen molar-refractivity contribution in [2.24, 2.45) is 5.10 Å². The second kappa shape index (κ2) is 8.81. The Hall–Kier alpha value is -2.97. The van der Waals surface area contributed by atoms with Gasteiger partial charge in [0.1, 0.15) is 4.21 Å². The van der Waals surface area contributed by atoms with Crippen molar-refractivity contribution in [3.05, 3.63) is 83.2 Å². The summed E-state index contributed by atoms with van der Waals surface area (Å²) >= 11 is 1.10. The zero-order valence-corrected chi connectivity index (χ0v) is 16.7. The number of thiophene rings is 1. The SMILES string of the molecule is CC(C=NNC(=O)c1ccccc1NS(=O)(=O)c1cccs1)c1ccccc1. The number of carbonyl (C=O) groups excluding carboxylic acids is 1. The molecule has 0 spiro atoms. The highest BCUT2D eigenvalue weighted by molar-refractivity contribution is 7.94. The van der Waals surface area contributed by atoms with E-state index >= 15 is 0 Å². The minimum atomic E-state index is -3.75. The Morgan fingerprint density at radius 3 is 2.46 bits per heavy atom. The van der Waals surface area contributed by atoms with Crippen LogP contribution in [0.25, 0.3) is 0 Å². The van der Waals surface area contributed by atoms with Crippen molar-refractivity contribution in [3.63, 3.8) is 0 Å². The zero-order valence-electron chi connectivity index (χ0n) is 15.1. The molecule has 1 aromatic heterocycles. The molecular formula is C20H19N3O3S2. The van der Waals surface area contributed by atoms with E-state index < -0.39 is 15.9 Å². The molecule has 8 heteroatoms. The van der Waals surface area contributed by atoms with Crippen LogP contribution in [-0.2, 0) is 10.0 Å². The van der Waals surface area contributed by atoms with Gasteiger partial charge in [-0.25, -0.2) is 13.8 Å². The van der Waals surface area contributed by atoms with Crippen molar-refractivity contribution in [1.82, 2.24) is 5.43 Å². The molecular weight excluding hydrogens is 394 g/mol. The first kappa shape index (κ1) is 19.8. The van der Waals surface area contributed by atoms with Crippen molar-refractivity contribution in [1.29, 1.82) is 0 Å². The lowest BCUT2D eigenvalue weighted by Gasteiger charge is -2.11. The number of anilines is 1.